The zero-order valence-electron chi connectivity index (χ0n) is 10.4. The third-order valence-corrected chi connectivity index (χ3v) is 4.60. The summed E-state index contributed by atoms with van der Waals surface area (Å²) in [5.41, 5.74) is -0.466. The van der Waals surface area contributed by atoms with Gasteiger partial charge in [-0.3, -0.25) is 10.1 Å². The Hall–Kier alpha value is -0.260. The van der Waals surface area contributed by atoms with E-state index in [9.17, 15) is 4.79 Å². The lowest BCUT2D eigenvalue weighted by Gasteiger charge is -2.35. The zero-order valence-corrected chi connectivity index (χ0v) is 11.2. The van der Waals surface area contributed by atoms with Crippen molar-refractivity contribution in [2.75, 3.05) is 31.8 Å². The molecule has 2 rings (SSSR count). The molecular formula is C12H21NO3S. The Morgan fingerprint density at radius 3 is 2.88 bits per heavy atom. The van der Waals surface area contributed by atoms with E-state index >= 15 is 0 Å². The van der Waals surface area contributed by atoms with Crippen LogP contribution in [0.15, 0.2) is 0 Å². The van der Waals surface area contributed by atoms with E-state index in [4.69, 9.17) is 9.47 Å². The minimum atomic E-state index is -0.466. The largest absolute Gasteiger partial charge is 0.468 e. The molecule has 0 aromatic rings. The molecule has 0 amide bonds. The maximum absolute atomic E-state index is 12.0. The number of hydrogen-bond acceptors (Lipinski definition) is 5. The van der Waals surface area contributed by atoms with Crippen molar-refractivity contribution in [2.24, 2.45) is 0 Å². The predicted molar refractivity (Wildman–Crippen MR) is 68.3 cm³/mol. The first-order chi connectivity index (χ1) is 8.27. The van der Waals surface area contributed by atoms with Crippen molar-refractivity contribution < 1.29 is 14.3 Å². The van der Waals surface area contributed by atoms with Gasteiger partial charge in [-0.25, -0.2) is 0 Å². The van der Waals surface area contributed by atoms with Crippen LogP contribution in [0.25, 0.3) is 0 Å². The zero-order chi connectivity index (χ0) is 12.1. The molecule has 2 heterocycles. The van der Waals surface area contributed by atoms with Gasteiger partial charge in [-0.05, 0) is 37.2 Å². The van der Waals surface area contributed by atoms with Crippen molar-refractivity contribution >= 4 is 17.7 Å². The quantitative estimate of drug-likeness (QED) is 0.769. The number of methoxy groups -OCH3 is 1. The van der Waals surface area contributed by atoms with E-state index in [1.54, 1.807) is 0 Å². The molecule has 0 radical (unpaired) electrons. The number of ether oxygens (including phenoxy) is 2. The lowest BCUT2D eigenvalue weighted by atomic mass is 9.92. The summed E-state index contributed by atoms with van der Waals surface area (Å²) in [5, 5.41) is 3.41. The van der Waals surface area contributed by atoms with E-state index in [2.05, 4.69) is 5.32 Å². The third kappa shape index (κ3) is 3.14. The molecule has 1 N–H and O–H groups in total. The summed E-state index contributed by atoms with van der Waals surface area (Å²) in [4.78, 5) is 12.0. The number of nitrogens with one attached hydrogen (secondary N) is 1. The standard InChI is InChI=1S/C12H21NO3S/c1-15-11(14)12(4-7-17-8-5-12)13-9-10-3-2-6-16-10/h10,13H,2-9H2,1H3. The fourth-order valence-electron chi connectivity index (χ4n) is 2.48. The molecule has 2 fully saturated rings. The van der Waals surface area contributed by atoms with Crippen molar-refractivity contribution in [3.05, 3.63) is 0 Å². The molecule has 1 atom stereocenters. The van der Waals surface area contributed by atoms with Crippen LogP contribution in [0.5, 0.6) is 0 Å². The second-order valence-electron chi connectivity index (χ2n) is 4.70. The molecular weight excluding hydrogens is 238 g/mol. The van der Waals surface area contributed by atoms with Crippen molar-refractivity contribution in [1.82, 2.24) is 5.32 Å². The van der Waals surface area contributed by atoms with E-state index in [1.165, 1.54) is 7.11 Å². The van der Waals surface area contributed by atoms with Crippen LogP contribution >= 0.6 is 11.8 Å². The summed E-state index contributed by atoms with van der Waals surface area (Å²) < 4.78 is 10.5. The highest BCUT2D eigenvalue weighted by Crippen LogP contribution is 2.28. The van der Waals surface area contributed by atoms with Gasteiger partial charge in [0.2, 0.25) is 0 Å². The van der Waals surface area contributed by atoms with Crippen LogP contribution in [0.3, 0.4) is 0 Å². The number of thioether (sulfide) groups is 1. The van der Waals surface area contributed by atoms with Crippen LogP contribution in [-0.2, 0) is 14.3 Å². The van der Waals surface area contributed by atoms with Gasteiger partial charge in [0, 0.05) is 13.2 Å². The molecule has 0 spiro atoms. The summed E-state index contributed by atoms with van der Waals surface area (Å²) in [5.74, 6) is 1.93. The lowest BCUT2D eigenvalue weighted by molar-refractivity contribution is -0.149. The molecule has 0 aromatic heterocycles. The van der Waals surface area contributed by atoms with Gasteiger partial charge in [-0.2, -0.15) is 11.8 Å². The van der Waals surface area contributed by atoms with E-state index in [0.29, 0.717) is 0 Å². The number of rotatable bonds is 4. The minimum Gasteiger partial charge on any atom is -0.468 e. The Kier molecular flexibility index (Phi) is 4.70. The Bertz CT molecular complexity index is 260. The summed E-state index contributed by atoms with van der Waals surface area (Å²) in [6.07, 6.45) is 4.21. The second-order valence-corrected chi connectivity index (χ2v) is 5.93. The number of hydrogen-bond donors (Lipinski definition) is 1. The molecule has 2 saturated heterocycles. The van der Waals surface area contributed by atoms with Crippen LogP contribution in [0.4, 0.5) is 0 Å². The van der Waals surface area contributed by atoms with Crippen molar-refractivity contribution in [1.29, 1.82) is 0 Å². The summed E-state index contributed by atoms with van der Waals surface area (Å²) in [6.45, 7) is 1.62. The van der Waals surface area contributed by atoms with Gasteiger partial charge in [0.05, 0.1) is 13.2 Å². The number of carbonyl (C=O) groups is 1. The smallest absolute Gasteiger partial charge is 0.326 e. The van der Waals surface area contributed by atoms with Crippen LogP contribution in [0.1, 0.15) is 25.7 Å². The van der Waals surface area contributed by atoms with E-state index < -0.39 is 5.54 Å². The van der Waals surface area contributed by atoms with Crippen LogP contribution < -0.4 is 5.32 Å². The molecule has 2 aliphatic heterocycles. The average Bonchev–Trinajstić information content (AvgIpc) is 2.89. The van der Waals surface area contributed by atoms with E-state index in [-0.39, 0.29) is 12.1 Å². The molecule has 0 aliphatic carbocycles. The molecule has 4 nitrogen and oxygen atoms in total. The molecule has 5 heteroatoms. The molecule has 0 saturated carbocycles. The SMILES string of the molecule is COC(=O)C1(NCC2CCCO2)CCSCC1. The highest BCUT2D eigenvalue weighted by Gasteiger charge is 2.41. The Morgan fingerprint density at radius 1 is 1.53 bits per heavy atom. The number of carbonyl (C=O) groups excluding carboxylic acids is 1. The first-order valence-corrected chi connectivity index (χ1v) is 7.45. The first kappa shape index (κ1) is 13.2. The summed E-state index contributed by atoms with van der Waals surface area (Å²) >= 11 is 1.90. The highest BCUT2D eigenvalue weighted by atomic mass is 32.2. The monoisotopic (exact) mass is 259 g/mol. The Labute approximate surface area is 107 Å². The highest BCUT2D eigenvalue weighted by molar-refractivity contribution is 7.99. The van der Waals surface area contributed by atoms with Crippen molar-refractivity contribution in [3.63, 3.8) is 0 Å². The molecule has 17 heavy (non-hydrogen) atoms. The van der Waals surface area contributed by atoms with Crippen LogP contribution in [-0.4, -0.2) is 49.4 Å². The molecule has 98 valence electrons. The fraction of sp³-hybridized carbons (Fsp3) is 0.917. The molecule has 1 unspecified atom stereocenters. The molecule has 2 aliphatic rings. The average molecular weight is 259 g/mol. The molecule has 0 aromatic carbocycles. The Morgan fingerprint density at radius 2 is 2.29 bits per heavy atom. The van der Waals surface area contributed by atoms with Gasteiger partial charge < -0.3 is 9.47 Å². The van der Waals surface area contributed by atoms with E-state index in [0.717, 1.165) is 50.3 Å². The van der Waals surface area contributed by atoms with Crippen molar-refractivity contribution in [3.8, 4) is 0 Å². The summed E-state index contributed by atoms with van der Waals surface area (Å²) in [6, 6.07) is 0. The van der Waals surface area contributed by atoms with Crippen molar-refractivity contribution in [2.45, 2.75) is 37.3 Å². The molecule has 0 bridgehead atoms. The van der Waals surface area contributed by atoms with Gasteiger partial charge in [0.1, 0.15) is 5.54 Å². The predicted octanol–water partition coefficient (Wildman–Crippen LogP) is 1.19. The second kappa shape index (κ2) is 6.07. The normalized spacial score (nSPS) is 27.9. The van der Waals surface area contributed by atoms with Gasteiger partial charge in [0.25, 0.3) is 0 Å². The first-order valence-electron chi connectivity index (χ1n) is 6.30. The Balaban J connectivity index is 1.92. The number of esters is 1. The van der Waals surface area contributed by atoms with Crippen LogP contribution in [0.2, 0.25) is 0 Å². The maximum atomic E-state index is 12.0. The third-order valence-electron chi connectivity index (χ3n) is 3.61. The van der Waals surface area contributed by atoms with Gasteiger partial charge in [-0.15, -0.1) is 0 Å². The van der Waals surface area contributed by atoms with Gasteiger partial charge in [0.15, 0.2) is 0 Å². The lowest BCUT2D eigenvalue weighted by Crippen LogP contribution is -2.56. The van der Waals surface area contributed by atoms with Gasteiger partial charge in [-0.1, -0.05) is 0 Å². The van der Waals surface area contributed by atoms with Gasteiger partial charge >= 0.3 is 5.97 Å². The van der Waals surface area contributed by atoms with Crippen LogP contribution in [0, 0.1) is 0 Å². The minimum absolute atomic E-state index is 0.115. The maximum Gasteiger partial charge on any atom is 0.326 e. The topological polar surface area (TPSA) is 47.6 Å². The fourth-order valence-corrected chi connectivity index (χ4v) is 3.67. The summed E-state index contributed by atoms with van der Waals surface area (Å²) in [7, 11) is 1.47. The van der Waals surface area contributed by atoms with E-state index in [1.807, 2.05) is 11.8 Å².